The molecule has 0 spiro atoms. The summed E-state index contributed by atoms with van der Waals surface area (Å²) in [4.78, 5) is 0. The first-order valence-electron chi connectivity index (χ1n) is 4.54. The van der Waals surface area contributed by atoms with Crippen molar-refractivity contribution in [1.29, 1.82) is 0 Å². The molecule has 1 saturated heterocycles. The number of hydrogen-bond donors (Lipinski definition) is 0. The lowest BCUT2D eigenvalue weighted by molar-refractivity contribution is 0.281. The molecule has 0 aromatic carbocycles. The summed E-state index contributed by atoms with van der Waals surface area (Å²) in [6.07, 6.45) is 2.18. The second-order valence-corrected chi connectivity index (χ2v) is 5.76. The second-order valence-electron chi connectivity index (χ2n) is 3.51. The molecule has 1 atom stereocenters. The van der Waals surface area contributed by atoms with Crippen LogP contribution < -0.4 is 0 Å². The lowest BCUT2D eigenvalue weighted by atomic mass is 10.0. The van der Waals surface area contributed by atoms with Crippen LogP contribution in [0.1, 0.15) is 26.7 Å². The van der Waals surface area contributed by atoms with Crippen molar-refractivity contribution in [2.75, 3.05) is 18.8 Å². The first-order chi connectivity index (χ1) is 5.56. The predicted octanol–water partition coefficient (Wildman–Crippen LogP) is 1.07. The Kier molecular flexibility index (Phi) is 3.12. The van der Waals surface area contributed by atoms with Crippen molar-refractivity contribution < 1.29 is 8.42 Å². The average molecular weight is 191 g/mol. The largest absolute Gasteiger partial charge is 0.213 e. The van der Waals surface area contributed by atoms with Gasteiger partial charge in [0.15, 0.2) is 0 Å². The first-order valence-corrected chi connectivity index (χ1v) is 6.15. The van der Waals surface area contributed by atoms with Gasteiger partial charge in [-0.1, -0.05) is 6.92 Å². The van der Waals surface area contributed by atoms with Crippen LogP contribution in [0.5, 0.6) is 0 Å². The van der Waals surface area contributed by atoms with E-state index in [-0.39, 0.29) is 5.75 Å². The van der Waals surface area contributed by atoms with E-state index in [1.165, 1.54) is 0 Å². The normalized spacial score (nSPS) is 27.3. The van der Waals surface area contributed by atoms with Gasteiger partial charge in [0.25, 0.3) is 0 Å². The molecule has 0 radical (unpaired) electrons. The molecule has 3 nitrogen and oxygen atoms in total. The van der Waals surface area contributed by atoms with Crippen LogP contribution in [0, 0.1) is 5.92 Å². The molecule has 1 heterocycles. The fraction of sp³-hybridized carbons (Fsp3) is 1.00. The van der Waals surface area contributed by atoms with Crippen LogP contribution in [0.15, 0.2) is 0 Å². The van der Waals surface area contributed by atoms with Crippen LogP contribution in [0.3, 0.4) is 0 Å². The monoisotopic (exact) mass is 191 g/mol. The van der Waals surface area contributed by atoms with Crippen molar-refractivity contribution in [3.05, 3.63) is 0 Å². The Morgan fingerprint density at radius 3 is 2.67 bits per heavy atom. The molecule has 1 rings (SSSR count). The van der Waals surface area contributed by atoms with E-state index in [9.17, 15) is 8.42 Å². The Balaban J connectivity index is 2.63. The maximum Gasteiger partial charge on any atom is 0.213 e. The van der Waals surface area contributed by atoms with Crippen LogP contribution in [-0.2, 0) is 10.0 Å². The Morgan fingerprint density at radius 1 is 1.50 bits per heavy atom. The molecular formula is C8H17NO2S. The van der Waals surface area contributed by atoms with Crippen molar-refractivity contribution in [1.82, 2.24) is 4.31 Å². The molecule has 12 heavy (non-hydrogen) atoms. The number of sulfonamides is 1. The zero-order valence-corrected chi connectivity index (χ0v) is 8.60. The quantitative estimate of drug-likeness (QED) is 0.654. The van der Waals surface area contributed by atoms with Gasteiger partial charge in [0.1, 0.15) is 0 Å². The van der Waals surface area contributed by atoms with Crippen molar-refractivity contribution in [3.8, 4) is 0 Å². The molecule has 1 aliphatic rings. The van der Waals surface area contributed by atoms with E-state index in [0.29, 0.717) is 5.92 Å². The van der Waals surface area contributed by atoms with Crippen molar-refractivity contribution in [2.24, 2.45) is 5.92 Å². The summed E-state index contributed by atoms with van der Waals surface area (Å²) >= 11 is 0. The van der Waals surface area contributed by atoms with Gasteiger partial charge in [-0.15, -0.1) is 0 Å². The maximum atomic E-state index is 11.4. The van der Waals surface area contributed by atoms with Crippen molar-refractivity contribution in [3.63, 3.8) is 0 Å². The summed E-state index contributed by atoms with van der Waals surface area (Å²) in [6.45, 7) is 5.25. The highest BCUT2D eigenvalue weighted by atomic mass is 32.2. The van der Waals surface area contributed by atoms with Gasteiger partial charge < -0.3 is 0 Å². The molecule has 0 N–H and O–H groups in total. The molecule has 72 valence electrons. The fourth-order valence-corrected chi connectivity index (χ4v) is 2.84. The third kappa shape index (κ3) is 2.20. The minimum atomic E-state index is -2.92. The molecule has 0 aliphatic carbocycles. The summed E-state index contributed by atoms with van der Waals surface area (Å²) < 4.78 is 24.5. The topological polar surface area (TPSA) is 37.4 Å². The van der Waals surface area contributed by atoms with Crippen LogP contribution in [0.2, 0.25) is 0 Å². The highest BCUT2D eigenvalue weighted by Crippen LogP contribution is 2.18. The van der Waals surface area contributed by atoms with Gasteiger partial charge in [0.05, 0.1) is 5.75 Å². The van der Waals surface area contributed by atoms with Gasteiger partial charge in [-0.2, -0.15) is 0 Å². The number of nitrogens with zero attached hydrogens (tertiary/aromatic N) is 1. The Labute approximate surface area is 74.8 Å². The molecule has 0 amide bonds. The molecule has 1 fully saturated rings. The van der Waals surface area contributed by atoms with Crippen LogP contribution >= 0.6 is 0 Å². The van der Waals surface area contributed by atoms with Crippen molar-refractivity contribution in [2.45, 2.75) is 26.7 Å². The number of rotatable bonds is 2. The van der Waals surface area contributed by atoms with Gasteiger partial charge in [0, 0.05) is 13.1 Å². The molecule has 0 bridgehead atoms. The summed E-state index contributed by atoms with van der Waals surface area (Å²) in [5.74, 6) is 0.764. The smallest absolute Gasteiger partial charge is 0.212 e. The molecule has 1 unspecified atom stereocenters. The molecule has 0 aromatic heterocycles. The van der Waals surface area contributed by atoms with Crippen LogP contribution in [0.25, 0.3) is 0 Å². The number of piperidine rings is 1. The Morgan fingerprint density at radius 2 is 2.17 bits per heavy atom. The van der Waals surface area contributed by atoms with Gasteiger partial charge >= 0.3 is 0 Å². The Bertz CT molecular complexity index is 235. The van der Waals surface area contributed by atoms with Crippen LogP contribution in [0.4, 0.5) is 0 Å². The third-order valence-electron chi connectivity index (χ3n) is 2.38. The van der Waals surface area contributed by atoms with Gasteiger partial charge in [-0.3, -0.25) is 0 Å². The van der Waals surface area contributed by atoms with Crippen molar-refractivity contribution >= 4 is 10.0 Å². The highest BCUT2D eigenvalue weighted by molar-refractivity contribution is 7.89. The lowest BCUT2D eigenvalue weighted by Gasteiger charge is -2.29. The SMILES string of the molecule is CCS(=O)(=O)N1CCCC(C)C1. The molecule has 4 heteroatoms. The molecule has 0 aromatic rings. The fourth-order valence-electron chi connectivity index (χ4n) is 1.58. The van der Waals surface area contributed by atoms with E-state index < -0.39 is 10.0 Å². The van der Waals surface area contributed by atoms with E-state index in [0.717, 1.165) is 25.9 Å². The maximum absolute atomic E-state index is 11.4. The van der Waals surface area contributed by atoms with E-state index in [1.54, 1.807) is 11.2 Å². The minimum absolute atomic E-state index is 0.236. The van der Waals surface area contributed by atoms with Gasteiger partial charge in [-0.05, 0) is 25.7 Å². The predicted molar refractivity (Wildman–Crippen MR) is 49.4 cm³/mol. The number of hydrogen-bond acceptors (Lipinski definition) is 2. The van der Waals surface area contributed by atoms with E-state index in [4.69, 9.17) is 0 Å². The summed E-state index contributed by atoms with van der Waals surface area (Å²) in [7, 11) is -2.92. The zero-order valence-electron chi connectivity index (χ0n) is 7.78. The second kappa shape index (κ2) is 3.75. The van der Waals surface area contributed by atoms with Crippen LogP contribution in [-0.4, -0.2) is 31.6 Å². The minimum Gasteiger partial charge on any atom is -0.212 e. The summed E-state index contributed by atoms with van der Waals surface area (Å²) in [5.41, 5.74) is 0. The lowest BCUT2D eigenvalue weighted by Crippen LogP contribution is -2.39. The molecule has 1 aliphatic heterocycles. The first kappa shape index (κ1) is 9.99. The summed E-state index contributed by atoms with van der Waals surface area (Å²) in [5, 5.41) is 0. The van der Waals surface area contributed by atoms with E-state index >= 15 is 0 Å². The zero-order chi connectivity index (χ0) is 9.19. The third-order valence-corrected chi connectivity index (χ3v) is 4.23. The molecular weight excluding hydrogens is 174 g/mol. The van der Waals surface area contributed by atoms with Gasteiger partial charge in [0.2, 0.25) is 10.0 Å². The standard InChI is InChI=1S/C8H17NO2S/c1-3-12(10,11)9-6-4-5-8(2)7-9/h8H,3-7H2,1-2H3. The average Bonchev–Trinajstić information content (AvgIpc) is 2.05. The summed E-state index contributed by atoms with van der Waals surface area (Å²) in [6, 6.07) is 0. The Hall–Kier alpha value is -0.0900. The highest BCUT2D eigenvalue weighted by Gasteiger charge is 2.24. The van der Waals surface area contributed by atoms with E-state index in [1.807, 2.05) is 0 Å². The van der Waals surface area contributed by atoms with E-state index in [2.05, 4.69) is 6.92 Å². The molecule has 0 saturated carbocycles. The van der Waals surface area contributed by atoms with Gasteiger partial charge in [-0.25, -0.2) is 12.7 Å².